The van der Waals surface area contributed by atoms with E-state index in [1.54, 1.807) is 0 Å². The second kappa shape index (κ2) is 8.48. The highest BCUT2D eigenvalue weighted by molar-refractivity contribution is 9.10. The summed E-state index contributed by atoms with van der Waals surface area (Å²) >= 11 is 3.06. The first kappa shape index (κ1) is 20.6. The summed E-state index contributed by atoms with van der Waals surface area (Å²) in [5.74, 6) is -0.298. The number of nitrogens with zero attached hydrogens (tertiary/aromatic N) is 4. The lowest BCUT2D eigenvalue weighted by atomic mass is 10.1. The van der Waals surface area contributed by atoms with Crippen molar-refractivity contribution in [1.29, 1.82) is 0 Å². The summed E-state index contributed by atoms with van der Waals surface area (Å²) < 4.78 is 42.3. The van der Waals surface area contributed by atoms with E-state index in [0.717, 1.165) is 0 Å². The van der Waals surface area contributed by atoms with Gasteiger partial charge in [-0.2, -0.15) is 12.7 Å². The smallest absolute Gasteiger partial charge is 0.276 e. The Kier molecular flexibility index (Phi) is 6.24. The van der Waals surface area contributed by atoms with Crippen molar-refractivity contribution in [3.05, 3.63) is 34.2 Å². The van der Waals surface area contributed by atoms with E-state index in [9.17, 15) is 18.0 Å². The van der Waals surface area contributed by atoms with E-state index in [1.165, 1.54) is 22.5 Å². The number of rotatable bonds is 5. The van der Waals surface area contributed by atoms with E-state index in [1.807, 2.05) is 5.48 Å². The Morgan fingerprint density at radius 3 is 2.71 bits per heavy atom. The lowest BCUT2D eigenvalue weighted by Crippen LogP contribution is -2.45. The number of hydrogen-bond acceptors (Lipinski definition) is 8. The van der Waals surface area contributed by atoms with E-state index in [2.05, 4.69) is 36.6 Å². The van der Waals surface area contributed by atoms with Crippen LogP contribution in [0.4, 0.5) is 15.9 Å². The molecule has 1 aliphatic heterocycles. The molecular formula is C14H17BrFN7O4S. The molecule has 2 aromatic rings. The van der Waals surface area contributed by atoms with Gasteiger partial charge in [-0.1, -0.05) is 0 Å². The summed E-state index contributed by atoms with van der Waals surface area (Å²) in [5.41, 5.74) is 2.38. The first-order valence-corrected chi connectivity index (χ1v) is 10.4. The minimum atomic E-state index is -3.71. The lowest BCUT2D eigenvalue weighted by Gasteiger charge is -2.30. The zero-order chi connectivity index (χ0) is 20.3. The highest BCUT2D eigenvalue weighted by atomic mass is 79.9. The fourth-order valence-corrected chi connectivity index (χ4v) is 3.79. The molecule has 152 valence electrons. The van der Waals surface area contributed by atoms with Gasteiger partial charge < -0.3 is 5.32 Å². The van der Waals surface area contributed by atoms with Gasteiger partial charge in [-0.3, -0.25) is 10.7 Å². The number of aliphatic imine (C=N–C) groups is 1. The molecule has 1 aromatic carbocycles. The number of hydrogen-bond donors (Lipinski definition) is 4. The van der Waals surface area contributed by atoms with Crippen molar-refractivity contribution >= 4 is 43.5 Å². The van der Waals surface area contributed by atoms with Crippen LogP contribution in [0.2, 0.25) is 0 Å². The van der Waals surface area contributed by atoms with E-state index >= 15 is 0 Å². The third-order valence-corrected chi connectivity index (χ3v) is 5.81. The standard InChI is InChI=1S/C14H17BrFN7O4S/c15-10-7-9(1-2-11(10)16)19-13(20-24)12-14(22-27-21-12)18-8-3-5-23(6-4-8)28(17,25)26/h1-2,7-8,24H,3-6H2,(H,18,22)(H,19,20)(H2,17,25,26). The summed E-state index contributed by atoms with van der Waals surface area (Å²) in [6.07, 6.45) is 0.985. The molecule has 5 N–H and O–H groups in total. The van der Waals surface area contributed by atoms with Gasteiger partial charge >= 0.3 is 0 Å². The van der Waals surface area contributed by atoms with Gasteiger partial charge in [-0.25, -0.2) is 19.2 Å². The molecule has 3 rings (SSSR count). The Hall–Kier alpha value is -2.13. The molecule has 0 aliphatic carbocycles. The van der Waals surface area contributed by atoms with Gasteiger partial charge in [-0.05, 0) is 57.3 Å². The maximum absolute atomic E-state index is 13.4. The molecule has 2 heterocycles. The van der Waals surface area contributed by atoms with Gasteiger partial charge in [0.25, 0.3) is 10.2 Å². The number of benzene rings is 1. The molecule has 0 amide bonds. The number of halogens is 2. The first-order valence-electron chi connectivity index (χ1n) is 8.09. The monoisotopic (exact) mass is 477 g/mol. The summed E-state index contributed by atoms with van der Waals surface area (Å²) in [5, 5.41) is 25.2. The molecule has 0 atom stereocenters. The number of aromatic nitrogens is 2. The second-order valence-electron chi connectivity index (χ2n) is 5.99. The maximum atomic E-state index is 13.4. The molecule has 1 saturated heterocycles. The highest BCUT2D eigenvalue weighted by Crippen LogP contribution is 2.24. The van der Waals surface area contributed by atoms with E-state index < -0.39 is 16.0 Å². The average molecular weight is 478 g/mol. The quantitative estimate of drug-likeness (QED) is 0.283. The van der Waals surface area contributed by atoms with Crippen LogP contribution in [0.5, 0.6) is 0 Å². The molecule has 11 nitrogen and oxygen atoms in total. The molecule has 0 saturated carbocycles. The lowest BCUT2D eigenvalue weighted by molar-refractivity contribution is 0.234. The Morgan fingerprint density at radius 1 is 1.39 bits per heavy atom. The number of nitrogens with two attached hydrogens (primary N) is 1. The van der Waals surface area contributed by atoms with Crippen molar-refractivity contribution in [3.8, 4) is 0 Å². The summed E-state index contributed by atoms with van der Waals surface area (Å²) in [6, 6.07) is 3.96. The van der Waals surface area contributed by atoms with Crippen LogP contribution in [0.25, 0.3) is 0 Å². The largest absolute Gasteiger partial charge is 0.362 e. The highest BCUT2D eigenvalue weighted by Gasteiger charge is 2.27. The molecular weight excluding hydrogens is 461 g/mol. The molecule has 28 heavy (non-hydrogen) atoms. The molecule has 0 unspecified atom stereocenters. The number of nitrogens with one attached hydrogen (secondary N) is 2. The average Bonchev–Trinajstić information content (AvgIpc) is 3.10. The fourth-order valence-electron chi connectivity index (χ4n) is 2.70. The molecule has 1 aliphatic rings. The van der Waals surface area contributed by atoms with Crippen LogP contribution in [0, 0.1) is 5.82 Å². The normalized spacial score (nSPS) is 16.9. The minimum absolute atomic E-state index is 0.0655. The topological polar surface area (TPSA) is 159 Å². The summed E-state index contributed by atoms with van der Waals surface area (Å²) in [6.45, 7) is 0.528. The summed E-state index contributed by atoms with van der Waals surface area (Å²) in [4.78, 5) is 4.17. The second-order valence-corrected chi connectivity index (χ2v) is 8.40. The van der Waals surface area contributed by atoms with Crippen LogP contribution in [0.3, 0.4) is 0 Å². The van der Waals surface area contributed by atoms with Crippen LogP contribution >= 0.6 is 15.9 Å². The number of piperidine rings is 1. The zero-order valence-electron chi connectivity index (χ0n) is 14.3. The van der Waals surface area contributed by atoms with Crippen LogP contribution in [0.1, 0.15) is 18.5 Å². The van der Waals surface area contributed by atoms with Crippen molar-refractivity contribution in [3.63, 3.8) is 0 Å². The van der Waals surface area contributed by atoms with E-state index in [4.69, 9.17) is 9.77 Å². The van der Waals surface area contributed by atoms with Crippen molar-refractivity contribution in [2.45, 2.75) is 18.9 Å². The molecule has 14 heteroatoms. The molecule has 0 radical (unpaired) electrons. The Bertz CT molecular complexity index is 976. The minimum Gasteiger partial charge on any atom is -0.362 e. The van der Waals surface area contributed by atoms with Gasteiger partial charge in [0.15, 0.2) is 11.5 Å². The maximum Gasteiger partial charge on any atom is 0.276 e. The predicted octanol–water partition coefficient (Wildman–Crippen LogP) is 1.11. The SMILES string of the molecule is NS(=O)(=O)N1CCC(Nc2nonc2C(=Nc2ccc(F)c(Br)c2)NO)CC1. The number of anilines is 1. The zero-order valence-corrected chi connectivity index (χ0v) is 16.7. The van der Waals surface area contributed by atoms with Crippen molar-refractivity contribution < 1.29 is 22.6 Å². The number of amidine groups is 1. The third-order valence-electron chi connectivity index (χ3n) is 4.12. The summed E-state index contributed by atoms with van der Waals surface area (Å²) in [7, 11) is -3.71. The Labute approximate surface area is 168 Å². The molecule has 1 fully saturated rings. The third kappa shape index (κ3) is 4.82. The van der Waals surface area contributed by atoms with Gasteiger partial charge in [-0.15, -0.1) is 0 Å². The molecule has 0 bridgehead atoms. The first-order chi connectivity index (χ1) is 13.3. The van der Waals surface area contributed by atoms with Crippen LogP contribution < -0.4 is 15.9 Å². The fraction of sp³-hybridized carbons (Fsp3) is 0.357. The van der Waals surface area contributed by atoms with Crippen molar-refractivity contribution in [2.24, 2.45) is 10.1 Å². The Balaban J connectivity index is 1.75. The van der Waals surface area contributed by atoms with Crippen molar-refractivity contribution in [2.75, 3.05) is 18.4 Å². The van der Waals surface area contributed by atoms with E-state index in [0.29, 0.717) is 18.5 Å². The van der Waals surface area contributed by atoms with Crippen LogP contribution in [-0.4, -0.2) is 53.2 Å². The van der Waals surface area contributed by atoms with Gasteiger partial charge in [0.2, 0.25) is 5.82 Å². The van der Waals surface area contributed by atoms with Gasteiger partial charge in [0, 0.05) is 19.1 Å². The van der Waals surface area contributed by atoms with Crippen LogP contribution in [-0.2, 0) is 10.2 Å². The van der Waals surface area contributed by atoms with E-state index in [-0.39, 0.29) is 41.0 Å². The molecule has 0 spiro atoms. The Morgan fingerprint density at radius 2 is 2.11 bits per heavy atom. The predicted molar refractivity (Wildman–Crippen MR) is 101 cm³/mol. The van der Waals surface area contributed by atoms with Crippen molar-refractivity contribution in [1.82, 2.24) is 20.1 Å². The van der Waals surface area contributed by atoms with Gasteiger partial charge in [0.05, 0.1) is 10.2 Å². The van der Waals surface area contributed by atoms with Crippen LogP contribution in [0.15, 0.2) is 32.3 Å². The van der Waals surface area contributed by atoms with Gasteiger partial charge in [0.1, 0.15) is 5.82 Å². The molecule has 1 aromatic heterocycles. The number of hydroxylamine groups is 1.